The third-order valence-electron chi connectivity index (χ3n) is 2.56. The average molecular weight is 262 g/mol. The van der Waals surface area contributed by atoms with Crippen molar-refractivity contribution in [2.24, 2.45) is 0 Å². The molecular weight excluding hydrogens is 249 g/mol. The molecule has 0 amide bonds. The average Bonchev–Trinajstić information content (AvgIpc) is 2.68. The van der Waals surface area contributed by atoms with Gasteiger partial charge in [0.15, 0.2) is 0 Å². The quantitative estimate of drug-likeness (QED) is 0.654. The van der Waals surface area contributed by atoms with Gasteiger partial charge in [-0.3, -0.25) is 0 Å². The highest BCUT2D eigenvalue weighted by molar-refractivity contribution is 7.97. The molecule has 0 bridgehead atoms. The van der Waals surface area contributed by atoms with Crippen molar-refractivity contribution < 1.29 is 13.2 Å². The zero-order valence-electron chi connectivity index (χ0n) is 9.13. The van der Waals surface area contributed by atoms with Gasteiger partial charge in [-0.25, -0.2) is 4.31 Å². The summed E-state index contributed by atoms with van der Waals surface area (Å²) in [6.45, 7) is 1.83. The molecular formula is C11H13F3N2S. The van der Waals surface area contributed by atoms with Crippen LogP contribution in [0.3, 0.4) is 0 Å². The van der Waals surface area contributed by atoms with Crippen LogP contribution in [0.25, 0.3) is 0 Å². The van der Waals surface area contributed by atoms with Gasteiger partial charge in [0.1, 0.15) is 0 Å². The van der Waals surface area contributed by atoms with Gasteiger partial charge < -0.3 is 5.73 Å². The first-order valence-electron chi connectivity index (χ1n) is 5.36. The van der Waals surface area contributed by atoms with E-state index in [1.807, 2.05) is 0 Å². The second kappa shape index (κ2) is 4.78. The number of nitrogen functional groups attached to an aromatic ring is 1. The van der Waals surface area contributed by atoms with Crippen LogP contribution >= 0.6 is 11.9 Å². The summed E-state index contributed by atoms with van der Waals surface area (Å²) in [5.41, 5.74) is 4.97. The van der Waals surface area contributed by atoms with Gasteiger partial charge >= 0.3 is 6.18 Å². The third-order valence-corrected chi connectivity index (χ3v) is 3.63. The molecule has 94 valence electrons. The molecule has 2 nitrogen and oxygen atoms in total. The van der Waals surface area contributed by atoms with Gasteiger partial charge in [-0.05, 0) is 43.0 Å². The fourth-order valence-electron chi connectivity index (χ4n) is 1.77. The topological polar surface area (TPSA) is 29.3 Å². The van der Waals surface area contributed by atoms with E-state index in [0.717, 1.165) is 38.1 Å². The molecule has 0 unspecified atom stereocenters. The van der Waals surface area contributed by atoms with Crippen LogP contribution in [0.15, 0.2) is 23.1 Å². The molecule has 1 fully saturated rings. The number of halogens is 3. The van der Waals surface area contributed by atoms with Gasteiger partial charge in [0, 0.05) is 23.7 Å². The van der Waals surface area contributed by atoms with Crippen molar-refractivity contribution >= 4 is 17.6 Å². The van der Waals surface area contributed by atoms with Gasteiger partial charge in [-0.15, -0.1) is 0 Å². The van der Waals surface area contributed by atoms with Gasteiger partial charge in [0.25, 0.3) is 0 Å². The molecule has 0 atom stereocenters. The highest BCUT2D eigenvalue weighted by Crippen LogP contribution is 2.35. The molecule has 1 aromatic rings. The van der Waals surface area contributed by atoms with E-state index in [-0.39, 0.29) is 5.69 Å². The van der Waals surface area contributed by atoms with Gasteiger partial charge in [-0.2, -0.15) is 13.2 Å². The minimum Gasteiger partial charge on any atom is -0.399 e. The maximum absolute atomic E-state index is 12.6. The van der Waals surface area contributed by atoms with Crippen LogP contribution in [0.1, 0.15) is 18.4 Å². The second-order valence-electron chi connectivity index (χ2n) is 4.02. The molecule has 6 heteroatoms. The fourth-order valence-corrected chi connectivity index (χ4v) is 2.87. The van der Waals surface area contributed by atoms with Crippen molar-refractivity contribution in [3.63, 3.8) is 0 Å². The number of anilines is 1. The summed E-state index contributed by atoms with van der Waals surface area (Å²) in [5, 5.41) is 0. The molecule has 2 N–H and O–H groups in total. The van der Waals surface area contributed by atoms with Gasteiger partial charge in [0.05, 0.1) is 5.56 Å². The van der Waals surface area contributed by atoms with E-state index in [1.165, 1.54) is 11.9 Å². The lowest BCUT2D eigenvalue weighted by Gasteiger charge is -2.15. The van der Waals surface area contributed by atoms with Crippen molar-refractivity contribution in [1.82, 2.24) is 4.31 Å². The molecule has 17 heavy (non-hydrogen) atoms. The van der Waals surface area contributed by atoms with Crippen LogP contribution in [-0.2, 0) is 6.18 Å². The number of hydrogen-bond acceptors (Lipinski definition) is 3. The molecule has 0 spiro atoms. The van der Waals surface area contributed by atoms with Crippen LogP contribution in [0, 0.1) is 0 Å². The molecule has 0 aromatic heterocycles. The molecule has 1 aromatic carbocycles. The number of rotatable bonds is 2. The van der Waals surface area contributed by atoms with E-state index < -0.39 is 11.7 Å². The van der Waals surface area contributed by atoms with Crippen molar-refractivity contribution in [2.45, 2.75) is 23.9 Å². The normalized spacial score (nSPS) is 17.6. The lowest BCUT2D eigenvalue weighted by molar-refractivity contribution is -0.137. The Morgan fingerprint density at radius 2 is 1.76 bits per heavy atom. The monoisotopic (exact) mass is 262 g/mol. The Hall–Kier alpha value is -0.880. The number of hydrogen-bond donors (Lipinski definition) is 1. The number of benzene rings is 1. The summed E-state index contributed by atoms with van der Waals surface area (Å²) in [7, 11) is 0. The summed E-state index contributed by atoms with van der Waals surface area (Å²) >= 11 is 1.35. The first kappa shape index (κ1) is 12.6. The number of alkyl halides is 3. The predicted octanol–water partition coefficient (Wildman–Crippen LogP) is 3.39. The molecule has 0 saturated carbocycles. The number of nitrogens with two attached hydrogens (primary N) is 1. The Morgan fingerprint density at radius 3 is 2.35 bits per heavy atom. The highest BCUT2D eigenvalue weighted by atomic mass is 32.2. The summed E-state index contributed by atoms with van der Waals surface area (Å²) in [6.07, 6.45) is -2.14. The number of nitrogens with zero attached hydrogens (tertiary/aromatic N) is 1. The highest BCUT2D eigenvalue weighted by Gasteiger charge is 2.31. The van der Waals surface area contributed by atoms with Crippen LogP contribution in [0.5, 0.6) is 0 Å². The van der Waals surface area contributed by atoms with Crippen LogP contribution in [0.2, 0.25) is 0 Å². The molecule has 2 rings (SSSR count). The first-order valence-corrected chi connectivity index (χ1v) is 6.13. The van der Waals surface area contributed by atoms with Crippen molar-refractivity contribution in [3.8, 4) is 0 Å². The predicted molar refractivity (Wildman–Crippen MR) is 62.5 cm³/mol. The van der Waals surface area contributed by atoms with Crippen LogP contribution < -0.4 is 5.73 Å². The SMILES string of the molecule is Nc1cc(SN2CCCC2)cc(C(F)(F)F)c1. The van der Waals surface area contributed by atoms with Crippen molar-refractivity contribution in [3.05, 3.63) is 23.8 Å². The Kier molecular flexibility index (Phi) is 3.53. The maximum Gasteiger partial charge on any atom is 0.416 e. The smallest absolute Gasteiger partial charge is 0.399 e. The Balaban J connectivity index is 2.19. The Morgan fingerprint density at radius 1 is 1.12 bits per heavy atom. The third kappa shape index (κ3) is 3.29. The largest absolute Gasteiger partial charge is 0.416 e. The molecule has 1 heterocycles. The van der Waals surface area contributed by atoms with Gasteiger partial charge in [0.2, 0.25) is 0 Å². The van der Waals surface area contributed by atoms with Gasteiger partial charge in [-0.1, -0.05) is 0 Å². The second-order valence-corrected chi connectivity index (χ2v) is 5.19. The van der Waals surface area contributed by atoms with E-state index in [2.05, 4.69) is 4.31 Å². The zero-order valence-corrected chi connectivity index (χ0v) is 9.94. The summed E-state index contributed by atoms with van der Waals surface area (Å²) < 4.78 is 39.8. The van der Waals surface area contributed by atoms with E-state index in [4.69, 9.17) is 5.73 Å². The maximum atomic E-state index is 12.6. The summed E-state index contributed by atoms with van der Waals surface area (Å²) in [4.78, 5) is 0.555. The van der Waals surface area contributed by atoms with E-state index in [9.17, 15) is 13.2 Å². The Labute approximate surface area is 102 Å². The molecule has 1 aliphatic heterocycles. The first-order chi connectivity index (χ1) is 7.95. The molecule has 0 radical (unpaired) electrons. The Bertz CT molecular complexity index is 400. The van der Waals surface area contributed by atoms with Crippen molar-refractivity contribution in [1.29, 1.82) is 0 Å². The van der Waals surface area contributed by atoms with Crippen molar-refractivity contribution in [2.75, 3.05) is 18.8 Å². The summed E-state index contributed by atoms with van der Waals surface area (Å²) in [6, 6.07) is 3.70. The van der Waals surface area contributed by atoms with E-state index >= 15 is 0 Å². The minimum absolute atomic E-state index is 0.154. The standard InChI is InChI=1S/C11H13F3N2S/c12-11(13,14)8-5-9(15)7-10(6-8)17-16-3-1-2-4-16/h5-7H,1-4,15H2. The van der Waals surface area contributed by atoms with Crippen LogP contribution in [-0.4, -0.2) is 17.4 Å². The molecule has 0 aliphatic carbocycles. The van der Waals surface area contributed by atoms with Crippen LogP contribution in [0.4, 0.5) is 18.9 Å². The lowest BCUT2D eigenvalue weighted by atomic mass is 10.2. The molecule has 1 aliphatic rings. The lowest BCUT2D eigenvalue weighted by Crippen LogP contribution is -2.10. The summed E-state index contributed by atoms with van der Waals surface area (Å²) in [5.74, 6) is 0. The zero-order chi connectivity index (χ0) is 12.5. The van der Waals surface area contributed by atoms with E-state index in [1.54, 1.807) is 6.07 Å². The minimum atomic E-state index is -4.34. The fraction of sp³-hybridized carbons (Fsp3) is 0.455. The van der Waals surface area contributed by atoms with E-state index in [0.29, 0.717) is 4.90 Å². The molecule has 1 saturated heterocycles.